The van der Waals surface area contributed by atoms with Crippen LogP contribution in [0.2, 0.25) is 0 Å². The van der Waals surface area contributed by atoms with Crippen LogP contribution in [-0.2, 0) is 24.2 Å². The van der Waals surface area contributed by atoms with Gasteiger partial charge in [0.25, 0.3) is 5.91 Å². The van der Waals surface area contributed by atoms with Crippen LogP contribution >= 0.6 is 0 Å². The van der Waals surface area contributed by atoms with Crippen LogP contribution in [0.4, 0.5) is 5.69 Å². The highest BCUT2D eigenvalue weighted by Gasteiger charge is 2.18. The van der Waals surface area contributed by atoms with Gasteiger partial charge in [-0.1, -0.05) is 53.7 Å². The molecule has 172 valence electrons. The molecule has 3 aromatic rings. The molecule has 0 aliphatic heterocycles. The first-order valence-electron chi connectivity index (χ1n) is 11.9. The number of hydrogen-bond acceptors (Lipinski definition) is 5. The molecule has 1 aliphatic rings. The van der Waals surface area contributed by atoms with Crippen LogP contribution in [0.1, 0.15) is 48.9 Å². The SMILES string of the molecule is O=C(/C=N/O)N(CCCCCNc1c2c(nc3ccccc13)CCCC2)Cc1ccccc1. The Morgan fingerprint density at radius 1 is 1.03 bits per heavy atom. The molecule has 6 heteroatoms. The second kappa shape index (κ2) is 11.5. The zero-order valence-electron chi connectivity index (χ0n) is 19.0. The van der Waals surface area contributed by atoms with Crippen molar-refractivity contribution >= 4 is 28.7 Å². The van der Waals surface area contributed by atoms with Crippen molar-refractivity contribution in [3.63, 3.8) is 0 Å². The van der Waals surface area contributed by atoms with Crippen molar-refractivity contribution in [2.45, 2.75) is 51.5 Å². The van der Waals surface area contributed by atoms with Crippen molar-refractivity contribution < 1.29 is 10.0 Å². The van der Waals surface area contributed by atoms with Crippen LogP contribution in [0.3, 0.4) is 0 Å². The Bertz CT molecular complexity index is 1100. The Morgan fingerprint density at radius 3 is 2.67 bits per heavy atom. The molecule has 33 heavy (non-hydrogen) atoms. The predicted octanol–water partition coefficient (Wildman–Crippen LogP) is 5.18. The highest BCUT2D eigenvalue weighted by atomic mass is 16.4. The number of amides is 1. The summed E-state index contributed by atoms with van der Waals surface area (Å²) in [6.07, 6.45) is 8.51. The first kappa shape index (κ1) is 22.8. The summed E-state index contributed by atoms with van der Waals surface area (Å²) >= 11 is 0. The molecule has 2 aromatic carbocycles. The van der Waals surface area contributed by atoms with Crippen molar-refractivity contribution in [3.05, 3.63) is 71.4 Å². The van der Waals surface area contributed by atoms with Gasteiger partial charge in [0, 0.05) is 36.4 Å². The highest BCUT2D eigenvalue weighted by Crippen LogP contribution is 2.33. The number of pyridine rings is 1. The van der Waals surface area contributed by atoms with Crippen molar-refractivity contribution in [2.75, 3.05) is 18.4 Å². The van der Waals surface area contributed by atoms with Crippen molar-refractivity contribution in [2.24, 2.45) is 5.16 Å². The van der Waals surface area contributed by atoms with E-state index in [2.05, 4.69) is 34.7 Å². The average molecular weight is 445 g/mol. The summed E-state index contributed by atoms with van der Waals surface area (Å²) in [7, 11) is 0. The van der Waals surface area contributed by atoms with E-state index in [1.165, 1.54) is 35.2 Å². The third-order valence-corrected chi connectivity index (χ3v) is 6.27. The summed E-state index contributed by atoms with van der Waals surface area (Å²) < 4.78 is 0. The number of carbonyl (C=O) groups is 1. The van der Waals surface area contributed by atoms with Gasteiger partial charge in [-0.2, -0.15) is 0 Å². The minimum Gasteiger partial charge on any atom is -0.411 e. The van der Waals surface area contributed by atoms with Gasteiger partial charge in [-0.25, -0.2) is 0 Å². The minimum absolute atomic E-state index is 0.269. The molecular weight excluding hydrogens is 412 g/mol. The molecule has 4 rings (SSSR count). The molecular formula is C27H32N4O2. The first-order valence-corrected chi connectivity index (χ1v) is 11.9. The Balaban J connectivity index is 1.32. The number of nitrogens with zero attached hydrogens (tertiary/aromatic N) is 3. The number of rotatable bonds is 10. The summed E-state index contributed by atoms with van der Waals surface area (Å²) in [6.45, 7) is 2.04. The van der Waals surface area contributed by atoms with Crippen molar-refractivity contribution in [1.29, 1.82) is 0 Å². The Labute approximate surface area is 195 Å². The minimum atomic E-state index is -0.269. The van der Waals surface area contributed by atoms with E-state index < -0.39 is 0 Å². The van der Waals surface area contributed by atoms with Gasteiger partial charge < -0.3 is 15.4 Å². The fourth-order valence-corrected chi connectivity index (χ4v) is 4.59. The molecule has 1 heterocycles. The van der Waals surface area contributed by atoms with Crippen LogP contribution in [0, 0.1) is 0 Å². The summed E-state index contributed by atoms with van der Waals surface area (Å²) in [5, 5.41) is 16.6. The van der Waals surface area contributed by atoms with Crippen LogP contribution in [-0.4, -0.2) is 40.3 Å². The lowest BCUT2D eigenvalue weighted by Gasteiger charge is -2.22. The number of aryl methyl sites for hydroxylation is 1. The fraction of sp³-hybridized carbons (Fsp3) is 0.370. The summed E-state index contributed by atoms with van der Waals surface area (Å²) in [6, 6.07) is 18.3. The monoisotopic (exact) mass is 444 g/mol. The number of aromatic nitrogens is 1. The van der Waals surface area contributed by atoms with Crippen LogP contribution < -0.4 is 5.32 Å². The summed E-state index contributed by atoms with van der Waals surface area (Å²) in [5.41, 5.74) is 6.04. The maximum atomic E-state index is 12.3. The molecule has 1 aliphatic carbocycles. The largest absolute Gasteiger partial charge is 0.411 e. The molecule has 1 amide bonds. The van der Waals surface area contributed by atoms with E-state index in [-0.39, 0.29) is 5.91 Å². The average Bonchev–Trinajstić information content (AvgIpc) is 2.85. The van der Waals surface area contributed by atoms with Gasteiger partial charge in [-0.15, -0.1) is 0 Å². The van der Waals surface area contributed by atoms with Crippen LogP contribution in [0.5, 0.6) is 0 Å². The molecule has 1 aromatic heterocycles. The topological polar surface area (TPSA) is 77.8 Å². The first-order chi connectivity index (χ1) is 16.3. The molecule has 0 atom stereocenters. The number of para-hydroxylation sites is 1. The number of oxime groups is 1. The van der Waals surface area contributed by atoms with Gasteiger partial charge in [0.2, 0.25) is 0 Å². The second-order valence-corrected chi connectivity index (χ2v) is 8.61. The highest BCUT2D eigenvalue weighted by molar-refractivity contribution is 6.25. The van der Waals surface area contributed by atoms with E-state index in [4.69, 9.17) is 10.2 Å². The number of hydrogen-bond donors (Lipinski definition) is 2. The molecule has 2 N–H and O–H groups in total. The molecule has 0 radical (unpaired) electrons. The third-order valence-electron chi connectivity index (χ3n) is 6.27. The molecule has 0 unspecified atom stereocenters. The quantitative estimate of drug-likeness (QED) is 0.195. The molecule has 0 spiro atoms. The van der Waals surface area contributed by atoms with Gasteiger partial charge in [-0.3, -0.25) is 9.78 Å². The van der Waals surface area contributed by atoms with Crippen LogP contribution in [0.25, 0.3) is 10.9 Å². The van der Waals surface area contributed by atoms with E-state index >= 15 is 0 Å². The van der Waals surface area contributed by atoms with Gasteiger partial charge in [0.15, 0.2) is 0 Å². The van der Waals surface area contributed by atoms with E-state index in [0.29, 0.717) is 13.1 Å². The van der Waals surface area contributed by atoms with E-state index in [1.54, 1.807) is 4.90 Å². The molecule has 0 saturated heterocycles. The standard InChI is InChI=1S/C27H32N4O2/c32-26(19-29-33)31(20-21-11-3-1-4-12-21)18-10-2-9-17-28-27-22-13-5-7-15-24(22)30-25-16-8-6-14-23(25)27/h1,3-5,7,11-13,15,19,33H,2,6,8-10,14,16-18,20H2,(H,28,30)/b29-19+. The number of carbonyl (C=O) groups excluding carboxylic acids is 1. The summed E-state index contributed by atoms with van der Waals surface area (Å²) in [5.74, 6) is -0.269. The lowest BCUT2D eigenvalue weighted by atomic mass is 9.92. The normalized spacial score (nSPS) is 13.2. The molecule has 0 saturated carbocycles. The Morgan fingerprint density at radius 2 is 1.82 bits per heavy atom. The molecule has 0 bridgehead atoms. The van der Waals surface area contributed by atoms with Crippen molar-refractivity contribution in [3.8, 4) is 0 Å². The Hall–Kier alpha value is -3.41. The van der Waals surface area contributed by atoms with Gasteiger partial charge in [0.1, 0.15) is 6.21 Å². The van der Waals surface area contributed by atoms with E-state index in [0.717, 1.165) is 55.9 Å². The fourth-order valence-electron chi connectivity index (χ4n) is 4.59. The summed E-state index contributed by atoms with van der Waals surface area (Å²) in [4.78, 5) is 19.0. The zero-order valence-corrected chi connectivity index (χ0v) is 19.0. The number of nitrogens with one attached hydrogen (secondary N) is 1. The lowest BCUT2D eigenvalue weighted by molar-refractivity contribution is -0.124. The zero-order chi connectivity index (χ0) is 22.9. The lowest BCUT2D eigenvalue weighted by Crippen LogP contribution is -2.32. The number of fused-ring (bicyclic) bond motifs is 2. The Kier molecular flexibility index (Phi) is 7.90. The third kappa shape index (κ3) is 5.89. The van der Waals surface area contributed by atoms with Gasteiger partial charge in [0.05, 0.1) is 5.52 Å². The smallest absolute Gasteiger partial charge is 0.268 e. The molecule has 6 nitrogen and oxygen atoms in total. The number of benzene rings is 2. The maximum Gasteiger partial charge on any atom is 0.268 e. The maximum absolute atomic E-state index is 12.3. The van der Waals surface area contributed by atoms with E-state index in [1.807, 2.05) is 30.3 Å². The van der Waals surface area contributed by atoms with Crippen molar-refractivity contribution in [1.82, 2.24) is 9.88 Å². The van der Waals surface area contributed by atoms with Crippen LogP contribution in [0.15, 0.2) is 59.8 Å². The predicted molar refractivity (Wildman–Crippen MR) is 133 cm³/mol. The van der Waals surface area contributed by atoms with Gasteiger partial charge >= 0.3 is 0 Å². The molecule has 0 fully saturated rings. The van der Waals surface area contributed by atoms with E-state index in [9.17, 15) is 4.79 Å². The van der Waals surface area contributed by atoms with Gasteiger partial charge in [-0.05, 0) is 62.1 Å². The number of anilines is 1. The number of unbranched alkanes of at least 4 members (excludes halogenated alkanes) is 2. The second-order valence-electron chi connectivity index (χ2n) is 8.61.